The Labute approximate surface area is 186 Å². The standard InChI is InChI=1S/C20H30N6O2S2/c1-5-25(6-2)17(27)13-29-19-23-24-20(26(19)21)30-15(4)18(28)22-12-14(3)16-10-8-7-9-11-16/h7-11,14-15H,5-6,12-13,21H2,1-4H3,(H,22,28). The third-order valence-corrected chi connectivity index (χ3v) is 6.66. The smallest absolute Gasteiger partial charge is 0.233 e. The fourth-order valence-corrected chi connectivity index (χ4v) is 4.36. The van der Waals surface area contributed by atoms with E-state index in [0.717, 1.165) is 0 Å². The molecule has 0 radical (unpaired) electrons. The SMILES string of the molecule is CCN(CC)C(=O)CSc1nnc(SC(C)C(=O)NCC(C)c2ccccc2)n1N. The van der Waals surface area contributed by atoms with E-state index in [9.17, 15) is 9.59 Å². The van der Waals surface area contributed by atoms with Gasteiger partial charge in [0.1, 0.15) is 0 Å². The van der Waals surface area contributed by atoms with Gasteiger partial charge in [0, 0.05) is 19.6 Å². The number of hydrogen-bond donors (Lipinski definition) is 2. The van der Waals surface area contributed by atoms with Gasteiger partial charge in [-0.25, -0.2) is 4.68 Å². The molecule has 0 saturated carbocycles. The third-order valence-electron chi connectivity index (χ3n) is 4.68. The van der Waals surface area contributed by atoms with Gasteiger partial charge in [0.2, 0.25) is 22.1 Å². The zero-order valence-corrected chi connectivity index (χ0v) is 19.5. The van der Waals surface area contributed by atoms with Gasteiger partial charge >= 0.3 is 0 Å². The molecule has 0 aliphatic carbocycles. The second kappa shape index (κ2) is 11.8. The van der Waals surface area contributed by atoms with Crippen molar-refractivity contribution in [1.29, 1.82) is 0 Å². The third kappa shape index (κ3) is 6.66. The summed E-state index contributed by atoms with van der Waals surface area (Å²) in [5.74, 6) is 6.48. The number of nitrogens with zero attached hydrogens (tertiary/aromatic N) is 4. The molecular weight excluding hydrogens is 420 g/mol. The molecule has 0 fully saturated rings. The van der Waals surface area contributed by atoms with Crippen LogP contribution in [0.15, 0.2) is 40.6 Å². The van der Waals surface area contributed by atoms with Gasteiger partial charge in [-0.15, -0.1) is 10.2 Å². The highest BCUT2D eigenvalue weighted by Crippen LogP contribution is 2.24. The van der Waals surface area contributed by atoms with Crippen LogP contribution in [-0.4, -0.2) is 62.2 Å². The summed E-state index contributed by atoms with van der Waals surface area (Å²) in [4.78, 5) is 26.4. The second-order valence-corrected chi connectivity index (χ2v) is 9.06. The number of benzene rings is 1. The van der Waals surface area contributed by atoms with Gasteiger partial charge in [-0.05, 0) is 32.3 Å². The van der Waals surface area contributed by atoms with Crippen LogP contribution in [0.4, 0.5) is 0 Å². The summed E-state index contributed by atoms with van der Waals surface area (Å²) in [7, 11) is 0. The number of nitrogens with two attached hydrogens (primary N) is 1. The minimum absolute atomic E-state index is 0.0301. The summed E-state index contributed by atoms with van der Waals surface area (Å²) in [5, 5.41) is 11.6. The number of carbonyl (C=O) groups is 2. The van der Waals surface area contributed by atoms with Gasteiger partial charge in [-0.1, -0.05) is 60.8 Å². The monoisotopic (exact) mass is 450 g/mol. The molecular formula is C20H30N6O2S2. The van der Waals surface area contributed by atoms with E-state index in [1.165, 1.54) is 33.8 Å². The Balaban J connectivity index is 1.85. The fraction of sp³-hybridized carbons (Fsp3) is 0.500. The van der Waals surface area contributed by atoms with E-state index in [-0.39, 0.29) is 28.7 Å². The Morgan fingerprint density at radius 3 is 2.40 bits per heavy atom. The first-order valence-electron chi connectivity index (χ1n) is 9.97. The Bertz CT molecular complexity index is 826. The molecule has 164 valence electrons. The molecule has 10 heteroatoms. The first-order valence-corrected chi connectivity index (χ1v) is 11.8. The van der Waals surface area contributed by atoms with E-state index in [2.05, 4.69) is 34.6 Å². The van der Waals surface area contributed by atoms with E-state index in [0.29, 0.717) is 29.9 Å². The lowest BCUT2D eigenvalue weighted by Crippen LogP contribution is -2.34. The molecule has 30 heavy (non-hydrogen) atoms. The highest BCUT2D eigenvalue weighted by atomic mass is 32.2. The predicted molar refractivity (Wildman–Crippen MR) is 122 cm³/mol. The molecule has 1 aromatic carbocycles. The molecule has 0 aliphatic rings. The van der Waals surface area contributed by atoms with E-state index in [4.69, 9.17) is 5.84 Å². The zero-order chi connectivity index (χ0) is 22.1. The van der Waals surface area contributed by atoms with Crippen molar-refractivity contribution in [3.05, 3.63) is 35.9 Å². The zero-order valence-electron chi connectivity index (χ0n) is 17.9. The summed E-state index contributed by atoms with van der Waals surface area (Å²) >= 11 is 2.48. The normalized spacial score (nSPS) is 12.9. The van der Waals surface area contributed by atoms with Gasteiger partial charge in [-0.3, -0.25) is 9.59 Å². The van der Waals surface area contributed by atoms with Gasteiger partial charge in [0.05, 0.1) is 11.0 Å². The largest absolute Gasteiger partial charge is 0.355 e. The van der Waals surface area contributed by atoms with Crippen LogP contribution in [0.25, 0.3) is 0 Å². The fourth-order valence-electron chi connectivity index (χ4n) is 2.74. The van der Waals surface area contributed by atoms with Crippen LogP contribution < -0.4 is 11.2 Å². The molecule has 2 rings (SSSR count). The van der Waals surface area contributed by atoms with E-state index in [1.54, 1.807) is 11.8 Å². The maximum atomic E-state index is 12.5. The molecule has 1 heterocycles. The van der Waals surface area contributed by atoms with Crippen LogP contribution in [0.5, 0.6) is 0 Å². The molecule has 0 saturated heterocycles. The van der Waals surface area contributed by atoms with Crippen molar-refractivity contribution in [2.24, 2.45) is 0 Å². The quantitative estimate of drug-likeness (QED) is 0.400. The van der Waals surface area contributed by atoms with Crippen molar-refractivity contribution in [2.75, 3.05) is 31.2 Å². The summed E-state index contributed by atoms with van der Waals surface area (Å²) in [6.07, 6.45) is 0. The predicted octanol–water partition coefficient (Wildman–Crippen LogP) is 2.35. The molecule has 2 amide bonds. The molecule has 2 atom stereocenters. The lowest BCUT2D eigenvalue weighted by atomic mass is 10.0. The average molecular weight is 451 g/mol. The average Bonchev–Trinajstić information content (AvgIpc) is 3.10. The topological polar surface area (TPSA) is 106 Å². The van der Waals surface area contributed by atoms with Crippen LogP contribution >= 0.6 is 23.5 Å². The molecule has 0 spiro atoms. The Hall–Kier alpha value is -2.20. The molecule has 3 N–H and O–H groups in total. The Morgan fingerprint density at radius 1 is 1.13 bits per heavy atom. The van der Waals surface area contributed by atoms with Crippen molar-refractivity contribution < 1.29 is 9.59 Å². The summed E-state index contributed by atoms with van der Waals surface area (Å²) in [5.41, 5.74) is 1.18. The summed E-state index contributed by atoms with van der Waals surface area (Å²) in [6.45, 7) is 9.66. The van der Waals surface area contributed by atoms with Crippen LogP contribution in [0.1, 0.15) is 39.2 Å². The number of carbonyl (C=O) groups excluding carboxylic acids is 2. The summed E-state index contributed by atoms with van der Waals surface area (Å²) < 4.78 is 1.33. The van der Waals surface area contributed by atoms with Gasteiger partial charge < -0.3 is 16.1 Å². The van der Waals surface area contributed by atoms with Gasteiger partial charge in [0.25, 0.3) is 0 Å². The summed E-state index contributed by atoms with van der Waals surface area (Å²) in [6, 6.07) is 10.1. The van der Waals surface area contributed by atoms with Crippen LogP contribution in [0.3, 0.4) is 0 Å². The Kier molecular flexibility index (Phi) is 9.51. The first-order chi connectivity index (χ1) is 14.4. The maximum Gasteiger partial charge on any atom is 0.233 e. The highest BCUT2D eigenvalue weighted by molar-refractivity contribution is 8.00. The molecule has 2 aromatic rings. The number of hydrogen-bond acceptors (Lipinski definition) is 7. The van der Waals surface area contributed by atoms with Crippen molar-refractivity contribution in [3.63, 3.8) is 0 Å². The molecule has 0 bridgehead atoms. The lowest BCUT2D eigenvalue weighted by molar-refractivity contribution is -0.128. The van der Waals surface area contributed by atoms with E-state index < -0.39 is 0 Å². The number of thioether (sulfide) groups is 2. The second-order valence-electron chi connectivity index (χ2n) is 6.81. The van der Waals surface area contributed by atoms with Crippen LogP contribution in [0.2, 0.25) is 0 Å². The van der Waals surface area contributed by atoms with E-state index >= 15 is 0 Å². The number of nitrogen functional groups attached to an aromatic ring is 1. The molecule has 8 nitrogen and oxygen atoms in total. The number of aromatic nitrogens is 3. The van der Waals surface area contributed by atoms with Crippen molar-refractivity contribution in [2.45, 2.75) is 49.2 Å². The molecule has 1 aromatic heterocycles. The number of nitrogens with one attached hydrogen (secondary N) is 1. The van der Waals surface area contributed by atoms with Crippen LogP contribution in [-0.2, 0) is 9.59 Å². The van der Waals surface area contributed by atoms with Crippen LogP contribution in [0, 0.1) is 0 Å². The maximum absolute atomic E-state index is 12.5. The van der Waals surface area contributed by atoms with Gasteiger partial charge in [0.15, 0.2) is 0 Å². The van der Waals surface area contributed by atoms with Crippen molar-refractivity contribution in [1.82, 2.24) is 25.1 Å². The minimum Gasteiger partial charge on any atom is -0.355 e. The lowest BCUT2D eigenvalue weighted by Gasteiger charge is -2.17. The Morgan fingerprint density at radius 2 is 1.77 bits per heavy atom. The first kappa shape index (κ1) is 24.1. The molecule has 2 unspecified atom stereocenters. The van der Waals surface area contributed by atoms with Crippen molar-refractivity contribution in [3.8, 4) is 0 Å². The van der Waals surface area contributed by atoms with Gasteiger partial charge in [-0.2, -0.15) is 0 Å². The van der Waals surface area contributed by atoms with E-state index in [1.807, 2.05) is 32.0 Å². The number of amides is 2. The minimum atomic E-state index is -0.380. The van der Waals surface area contributed by atoms with Crippen molar-refractivity contribution >= 4 is 35.3 Å². The molecule has 0 aliphatic heterocycles. The number of rotatable bonds is 11. The highest BCUT2D eigenvalue weighted by Gasteiger charge is 2.21.